The summed E-state index contributed by atoms with van der Waals surface area (Å²) in [5.74, 6) is 1.78. The van der Waals surface area contributed by atoms with E-state index in [9.17, 15) is 9.90 Å². The van der Waals surface area contributed by atoms with Crippen molar-refractivity contribution < 1.29 is 14.4 Å². The summed E-state index contributed by atoms with van der Waals surface area (Å²) in [7, 11) is 0. The highest BCUT2D eigenvalue weighted by Gasteiger charge is 2.39. The summed E-state index contributed by atoms with van der Waals surface area (Å²) in [4.78, 5) is 16.9. The minimum absolute atomic E-state index is 0.0139. The zero-order valence-electron chi connectivity index (χ0n) is 14.7. The Kier molecular flexibility index (Phi) is 4.80. The molecule has 0 aliphatic heterocycles. The fourth-order valence-corrected chi connectivity index (χ4v) is 3.40. The molecule has 1 aromatic rings. The van der Waals surface area contributed by atoms with Gasteiger partial charge in [0.15, 0.2) is 5.82 Å². The van der Waals surface area contributed by atoms with Gasteiger partial charge in [-0.05, 0) is 31.6 Å². The van der Waals surface area contributed by atoms with Crippen molar-refractivity contribution in [1.29, 1.82) is 0 Å². The number of nitrogens with zero attached hydrogens (tertiary/aromatic N) is 2. The first-order valence-corrected chi connectivity index (χ1v) is 8.94. The standard InChI is InChI=1S/C17H28N4O3/c1-10(2)13(15-20-14(21-24-15)11-6-7-11)19-16(23)18-12-5-4-8-17(12,3)9-22/h10-13,22H,4-9H2,1-3H3,(H2,18,19,23). The number of rotatable bonds is 6. The van der Waals surface area contributed by atoms with Gasteiger partial charge in [0.05, 0.1) is 6.61 Å². The zero-order valence-corrected chi connectivity index (χ0v) is 14.7. The van der Waals surface area contributed by atoms with E-state index in [2.05, 4.69) is 20.8 Å². The van der Waals surface area contributed by atoms with Crippen LogP contribution in [0.15, 0.2) is 4.52 Å². The quantitative estimate of drug-likeness (QED) is 0.741. The van der Waals surface area contributed by atoms with Gasteiger partial charge in [-0.1, -0.05) is 32.3 Å². The molecule has 0 aromatic carbocycles. The molecule has 2 fully saturated rings. The summed E-state index contributed by atoms with van der Waals surface area (Å²) in [6, 6.07) is -0.571. The van der Waals surface area contributed by atoms with E-state index in [0.717, 1.165) is 37.9 Å². The number of carbonyl (C=O) groups is 1. The van der Waals surface area contributed by atoms with Gasteiger partial charge >= 0.3 is 6.03 Å². The second kappa shape index (κ2) is 6.70. The van der Waals surface area contributed by atoms with E-state index in [0.29, 0.717) is 11.8 Å². The average molecular weight is 336 g/mol. The highest BCUT2D eigenvalue weighted by molar-refractivity contribution is 5.74. The Bertz CT molecular complexity index is 584. The number of aliphatic hydroxyl groups excluding tert-OH is 1. The molecule has 3 unspecified atom stereocenters. The van der Waals surface area contributed by atoms with Crippen molar-refractivity contribution >= 4 is 6.03 Å². The third kappa shape index (κ3) is 3.55. The predicted molar refractivity (Wildman–Crippen MR) is 88.4 cm³/mol. The first-order chi connectivity index (χ1) is 11.4. The fourth-order valence-electron chi connectivity index (χ4n) is 3.40. The second-order valence-corrected chi connectivity index (χ2v) is 7.86. The van der Waals surface area contributed by atoms with Crippen LogP contribution < -0.4 is 10.6 Å². The lowest BCUT2D eigenvalue weighted by atomic mass is 9.86. The van der Waals surface area contributed by atoms with Gasteiger partial charge in [-0.15, -0.1) is 0 Å². The van der Waals surface area contributed by atoms with E-state index >= 15 is 0 Å². The van der Waals surface area contributed by atoms with Crippen LogP contribution in [-0.4, -0.2) is 33.9 Å². The maximum absolute atomic E-state index is 12.5. The lowest BCUT2D eigenvalue weighted by Gasteiger charge is -2.30. The second-order valence-electron chi connectivity index (χ2n) is 7.86. The first-order valence-electron chi connectivity index (χ1n) is 8.94. The molecule has 0 saturated heterocycles. The molecule has 2 amide bonds. The van der Waals surface area contributed by atoms with Crippen LogP contribution in [0.5, 0.6) is 0 Å². The molecule has 2 aliphatic rings. The fraction of sp³-hybridized carbons (Fsp3) is 0.824. The van der Waals surface area contributed by atoms with Crippen molar-refractivity contribution in [3.8, 4) is 0 Å². The third-order valence-electron chi connectivity index (χ3n) is 5.37. The topological polar surface area (TPSA) is 100 Å². The highest BCUT2D eigenvalue weighted by Crippen LogP contribution is 2.39. The largest absolute Gasteiger partial charge is 0.396 e. The maximum atomic E-state index is 12.5. The summed E-state index contributed by atoms with van der Waals surface area (Å²) < 4.78 is 5.38. The highest BCUT2D eigenvalue weighted by atomic mass is 16.5. The van der Waals surface area contributed by atoms with Gasteiger partial charge in [-0.2, -0.15) is 4.98 Å². The Morgan fingerprint density at radius 2 is 2.17 bits per heavy atom. The van der Waals surface area contributed by atoms with Crippen molar-refractivity contribution in [2.75, 3.05) is 6.61 Å². The summed E-state index contributed by atoms with van der Waals surface area (Å²) >= 11 is 0. The molecule has 134 valence electrons. The van der Waals surface area contributed by atoms with E-state index in [1.165, 1.54) is 0 Å². The summed E-state index contributed by atoms with van der Waals surface area (Å²) in [5, 5.41) is 19.6. The predicted octanol–water partition coefficient (Wildman–Crippen LogP) is 2.49. The number of amides is 2. The number of aliphatic hydroxyl groups is 1. The van der Waals surface area contributed by atoms with Crippen molar-refractivity contribution in [2.45, 2.75) is 70.9 Å². The monoisotopic (exact) mass is 336 g/mol. The summed E-state index contributed by atoms with van der Waals surface area (Å²) in [6.45, 7) is 6.13. The van der Waals surface area contributed by atoms with Gasteiger partial charge < -0.3 is 20.3 Å². The van der Waals surface area contributed by atoms with Crippen molar-refractivity contribution in [2.24, 2.45) is 11.3 Å². The van der Waals surface area contributed by atoms with E-state index in [-0.39, 0.29) is 36.1 Å². The van der Waals surface area contributed by atoms with Gasteiger partial charge in [0.1, 0.15) is 6.04 Å². The molecule has 3 atom stereocenters. The summed E-state index contributed by atoms with van der Waals surface area (Å²) in [6.07, 6.45) is 5.06. The van der Waals surface area contributed by atoms with Gasteiger partial charge in [0, 0.05) is 17.4 Å². The average Bonchev–Trinajstić information content (AvgIpc) is 3.17. The van der Waals surface area contributed by atoms with Gasteiger partial charge in [-0.3, -0.25) is 0 Å². The Hall–Kier alpha value is -1.63. The van der Waals surface area contributed by atoms with Gasteiger partial charge in [0.25, 0.3) is 0 Å². The molecule has 0 bridgehead atoms. The lowest BCUT2D eigenvalue weighted by Crippen LogP contribution is -2.49. The van der Waals surface area contributed by atoms with Crippen LogP contribution in [-0.2, 0) is 0 Å². The van der Waals surface area contributed by atoms with E-state index < -0.39 is 0 Å². The molecule has 2 aliphatic carbocycles. The Labute approximate surface area is 142 Å². The van der Waals surface area contributed by atoms with E-state index in [1.807, 2.05) is 20.8 Å². The van der Waals surface area contributed by atoms with Crippen molar-refractivity contribution in [3.05, 3.63) is 11.7 Å². The molecular formula is C17H28N4O3. The number of nitrogens with one attached hydrogen (secondary N) is 2. The minimum Gasteiger partial charge on any atom is -0.396 e. The van der Waals surface area contributed by atoms with Crippen molar-refractivity contribution in [3.63, 3.8) is 0 Å². The van der Waals surface area contributed by atoms with Gasteiger partial charge in [0.2, 0.25) is 5.89 Å². The van der Waals surface area contributed by atoms with Crippen LogP contribution in [0, 0.1) is 11.3 Å². The van der Waals surface area contributed by atoms with E-state index in [1.54, 1.807) is 0 Å². The smallest absolute Gasteiger partial charge is 0.315 e. The molecule has 1 aromatic heterocycles. The van der Waals surface area contributed by atoms with Crippen LogP contribution in [0.2, 0.25) is 0 Å². The minimum atomic E-state index is -0.313. The number of aromatic nitrogens is 2. The van der Waals surface area contributed by atoms with Crippen LogP contribution in [0.25, 0.3) is 0 Å². The maximum Gasteiger partial charge on any atom is 0.315 e. The molecular weight excluding hydrogens is 308 g/mol. The number of hydrogen-bond acceptors (Lipinski definition) is 5. The number of carbonyl (C=O) groups excluding carboxylic acids is 1. The van der Waals surface area contributed by atoms with Crippen molar-refractivity contribution in [1.82, 2.24) is 20.8 Å². The van der Waals surface area contributed by atoms with E-state index in [4.69, 9.17) is 4.52 Å². The molecule has 3 rings (SSSR count). The Morgan fingerprint density at radius 3 is 2.79 bits per heavy atom. The number of hydrogen-bond donors (Lipinski definition) is 3. The van der Waals surface area contributed by atoms with Crippen LogP contribution in [0.1, 0.15) is 76.6 Å². The molecule has 0 spiro atoms. The molecule has 24 heavy (non-hydrogen) atoms. The zero-order chi connectivity index (χ0) is 17.3. The SMILES string of the molecule is CC(C)C(NC(=O)NC1CCCC1(C)CO)c1nc(C2CC2)no1. The summed E-state index contributed by atoms with van der Waals surface area (Å²) in [5.41, 5.74) is -0.242. The molecule has 0 radical (unpaired) electrons. The molecule has 1 heterocycles. The van der Waals surface area contributed by atoms with Crippen LogP contribution in [0.3, 0.4) is 0 Å². The third-order valence-corrected chi connectivity index (χ3v) is 5.37. The Balaban J connectivity index is 1.63. The molecule has 7 nitrogen and oxygen atoms in total. The van der Waals surface area contributed by atoms with Crippen LogP contribution in [0.4, 0.5) is 4.79 Å². The lowest BCUT2D eigenvalue weighted by molar-refractivity contribution is 0.120. The Morgan fingerprint density at radius 1 is 1.42 bits per heavy atom. The molecule has 7 heteroatoms. The van der Waals surface area contributed by atoms with Crippen LogP contribution >= 0.6 is 0 Å². The van der Waals surface area contributed by atoms with Gasteiger partial charge in [-0.25, -0.2) is 4.79 Å². The number of urea groups is 1. The normalized spacial score (nSPS) is 28.1. The first kappa shape index (κ1) is 17.2. The molecule has 2 saturated carbocycles. The molecule has 3 N–H and O–H groups in total.